The van der Waals surface area contributed by atoms with Crippen LogP contribution >= 0.6 is 15.9 Å². The van der Waals surface area contributed by atoms with Crippen LogP contribution in [0.5, 0.6) is 5.75 Å². The molecule has 1 aromatic carbocycles. The van der Waals surface area contributed by atoms with Crippen molar-refractivity contribution in [1.82, 2.24) is 5.32 Å². The average molecular weight is 394 g/mol. The molecule has 0 heterocycles. The number of alkyl halides is 3. The van der Waals surface area contributed by atoms with Crippen LogP contribution in [0.15, 0.2) is 59.4 Å². The van der Waals surface area contributed by atoms with Crippen LogP contribution < -0.4 is 5.32 Å². The van der Waals surface area contributed by atoms with Gasteiger partial charge in [0.15, 0.2) is 5.76 Å². The number of carbonyl (C=O) groups excluding carboxylic acids is 1. The van der Waals surface area contributed by atoms with Crippen molar-refractivity contribution in [2.75, 3.05) is 0 Å². The number of phenols is 1. The number of ether oxygens (including phenoxy) is 1. The number of phenolic OH excluding ortho intramolecular Hbond substituents is 1. The van der Waals surface area contributed by atoms with Crippen molar-refractivity contribution in [3.05, 3.63) is 65.0 Å². The summed E-state index contributed by atoms with van der Waals surface area (Å²) in [6, 6.07) is 5.19. The molecular weight excluding hydrogens is 379 g/mol. The van der Waals surface area contributed by atoms with Crippen LogP contribution in [0.4, 0.5) is 13.2 Å². The second-order valence-electron chi connectivity index (χ2n) is 3.93. The fourth-order valence-corrected chi connectivity index (χ4v) is 1.50. The fourth-order valence-electron chi connectivity index (χ4n) is 1.25. The number of aryl methyl sites for hydroxylation is 1. The molecule has 23 heavy (non-hydrogen) atoms. The van der Waals surface area contributed by atoms with E-state index >= 15 is 0 Å². The third-order valence-electron chi connectivity index (χ3n) is 2.24. The van der Waals surface area contributed by atoms with Crippen molar-refractivity contribution >= 4 is 22.3 Å². The lowest BCUT2D eigenvalue weighted by molar-refractivity contribution is -0.303. The molecule has 4 nitrogen and oxygen atoms in total. The molecule has 0 spiro atoms. The normalized spacial score (nSPS) is 11.3. The summed E-state index contributed by atoms with van der Waals surface area (Å²) >= 11 is 3.32. The van der Waals surface area contributed by atoms with E-state index in [0.29, 0.717) is 5.75 Å². The topological polar surface area (TPSA) is 58.6 Å². The zero-order valence-electron chi connectivity index (χ0n) is 12.2. The molecular formula is C15H15BrF3NO3. The van der Waals surface area contributed by atoms with E-state index in [1.54, 1.807) is 12.1 Å². The molecule has 0 aliphatic carbocycles. The van der Waals surface area contributed by atoms with Gasteiger partial charge >= 0.3 is 6.36 Å². The molecule has 0 saturated heterocycles. The number of hydrogen-bond donors (Lipinski definition) is 2. The summed E-state index contributed by atoms with van der Waals surface area (Å²) in [7, 11) is 0. The molecule has 2 N–H and O–H groups in total. The maximum Gasteiger partial charge on any atom is 0.573 e. The van der Waals surface area contributed by atoms with E-state index in [2.05, 4.69) is 33.8 Å². The first-order valence-electron chi connectivity index (χ1n) is 6.04. The molecule has 1 amide bonds. The van der Waals surface area contributed by atoms with Gasteiger partial charge in [-0.2, -0.15) is 0 Å². The highest BCUT2D eigenvalue weighted by molar-refractivity contribution is 9.10. The molecule has 8 heteroatoms. The number of aromatic hydroxyl groups is 1. The molecule has 126 valence electrons. The number of hydrogen-bond acceptors (Lipinski definition) is 3. The minimum atomic E-state index is -4.83. The summed E-state index contributed by atoms with van der Waals surface area (Å²) < 4.78 is 39.9. The first-order chi connectivity index (χ1) is 10.6. The Morgan fingerprint density at radius 3 is 2.30 bits per heavy atom. The Labute approximate surface area is 140 Å². The van der Waals surface area contributed by atoms with E-state index in [9.17, 15) is 18.0 Å². The highest BCUT2D eigenvalue weighted by Crippen LogP contribution is 2.22. The highest BCUT2D eigenvalue weighted by atomic mass is 79.9. The molecule has 0 fully saturated rings. The monoisotopic (exact) mass is 393 g/mol. The number of allylic oxidation sites excluding steroid dienone is 2. The lowest BCUT2D eigenvalue weighted by atomic mass is 10.2. The Morgan fingerprint density at radius 1 is 1.35 bits per heavy atom. The summed E-state index contributed by atoms with van der Waals surface area (Å²) in [5, 5.41) is 10.9. The third kappa shape index (κ3) is 8.72. The average Bonchev–Trinajstić information content (AvgIpc) is 2.46. The van der Waals surface area contributed by atoms with E-state index < -0.39 is 12.1 Å². The Balaban J connectivity index is 0.000000459. The van der Waals surface area contributed by atoms with Crippen molar-refractivity contribution < 1.29 is 27.8 Å². The second kappa shape index (κ2) is 9.73. The van der Waals surface area contributed by atoms with Gasteiger partial charge < -0.3 is 15.2 Å². The molecule has 0 atom stereocenters. The van der Waals surface area contributed by atoms with E-state index in [-0.39, 0.29) is 12.1 Å². The SMILES string of the molecule is C=C/C(NC=O)=C(\C=C)OC(F)(F)F.Cc1cc(O)ccc1Br. The number of amides is 1. The van der Waals surface area contributed by atoms with Gasteiger partial charge in [-0.05, 0) is 42.8 Å². The van der Waals surface area contributed by atoms with Crippen LogP contribution in [-0.2, 0) is 9.53 Å². The van der Waals surface area contributed by atoms with E-state index in [4.69, 9.17) is 5.11 Å². The molecule has 0 radical (unpaired) electrons. The highest BCUT2D eigenvalue weighted by Gasteiger charge is 2.32. The van der Waals surface area contributed by atoms with Crippen molar-refractivity contribution in [2.24, 2.45) is 0 Å². The predicted molar refractivity (Wildman–Crippen MR) is 84.3 cm³/mol. The van der Waals surface area contributed by atoms with Gasteiger partial charge in [-0.15, -0.1) is 13.2 Å². The molecule has 1 rings (SSSR count). The van der Waals surface area contributed by atoms with Crippen molar-refractivity contribution in [3.63, 3.8) is 0 Å². The van der Waals surface area contributed by atoms with Crippen LogP contribution in [0.1, 0.15) is 5.56 Å². The fraction of sp³-hybridized carbons (Fsp3) is 0.133. The second-order valence-corrected chi connectivity index (χ2v) is 4.78. The zero-order chi connectivity index (χ0) is 18.0. The standard InChI is InChI=1S/C8H8F3NO2.C7H7BrO/c1-3-6(12-5-13)7(4-2)14-8(9,10)11;1-5-4-6(9)2-3-7(5)8/h3-5H,1-2H2,(H,12,13);2-4,9H,1H3/b7-6-;. The first-order valence-corrected chi connectivity index (χ1v) is 6.84. The van der Waals surface area contributed by atoms with Gasteiger partial charge in [-0.1, -0.05) is 29.1 Å². The number of halogens is 4. The number of rotatable bonds is 5. The van der Waals surface area contributed by atoms with Gasteiger partial charge in [0.05, 0.1) is 5.70 Å². The predicted octanol–water partition coefficient (Wildman–Crippen LogP) is 4.32. The summed E-state index contributed by atoms with van der Waals surface area (Å²) in [4.78, 5) is 10.00. The maximum atomic E-state index is 11.8. The zero-order valence-corrected chi connectivity index (χ0v) is 13.7. The van der Waals surface area contributed by atoms with E-state index in [1.807, 2.05) is 18.3 Å². The summed E-state index contributed by atoms with van der Waals surface area (Å²) in [6.45, 7) is 8.25. The molecule has 0 bridgehead atoms. The smallest absolute Gasteiger partial charge is 0.508 e. The van der Waals surface area contributed by atoms with Crippen LogP contribution in [0.3, 0.4) is 0 Å². The van der Waals surface area contributed by atoms with Gasteiger partial charge in [-0.25, -0.2) is 0 Å². The Kier molecular flexibility index (Phi) is 8.79. The van der Waals surface area contributed by atoms with Crippen LogP contribution in [0.25, 0.3) is 0 Å². The van der Waals surface area contributed by atoms with Gasteiger partial charge in [0.25, 0.3) is 0 Å². The maximum absolute atomic E-state index is 11.8. The van der Waals surface area contributed by atoms with E-state index in [1.165, 1.54) is 0 Å². The minimum Gasteiger partial charge on any atom is -0.508 e. The van der Waals surface area contributed by atoms with Crippen LogP contribution in [0, 0.1) is 6.92 Å². The van der Waals surface area contributed by atoms with Gasteiger partial charge in [-0.3, -0.25) is 4.79 Å². The molecule has 0 aromatic heterocycles. The minimum absolute atomic E-state index is 0.202. The first kappa shape index (κ1) is 20.8. The molecule has 0 unspecified atom stereocenters. The largest absolute Gasteiger partial charge is 0.573 e. The lowest BCUT2D eigenvalue weighted by Crippen LogP contribution is -2.17. The molecule has 1 aromatic rings. The molecule has 0 saturated carbocycles. The summed E-state index contributed by atoms with van der Waals surface area (Å²) in [5.41, 5.74) is 0.849. The number of nitrogens with one attached hydrogen (secondary N) is 1. The quantitative estimate of drug-likeness (QED) is 0.445. The Morgan fingerprint density at radius 2 is 1.96 bits per heavy atom. The Bertz CT molecular complexity index is 598. The summed E-state index contributed by atoms with van der Waals surface area (Å²) in [6.07, 6.45) is -2.79. The van der Waals surface area contributed by atoms with Gasteiger partial charge in [0, 0.05) is 4.47 Å². The van der Waals surface area contributed by atoms with Crippen molar-refractivity contribution in [1.29, 1.82) is 0 Å². The van der Waals surface area contributed by atoms with Crippen LogP contribution in [-0.4, -0.2) is 17.9 Å². The summed E-state index contributed by atoms with van der Waals surface area (Å²) in [5.74, 6) is -0.296. The lowest BCUT2D eigenvalue weighted by Gasteiger charge is -2.11. The number of benzene rings is 1. The van der Waals surface area contributed by atoms with Crippen molar-refractivity contribution in [3.8, 4) is 5.75 Å². The van der Waals surface area contributed by atoms with Gasteiger partial charge in [0.2, 0.25) is 6.41 Å². The third-order valence-corrected chi connectivity index (χ3v) is 3.13. The van der Waals surface area contributed by atoms with Crippen LogP contribution in [0.2, 0.25) is 0 Å². The number of carbonyl (C=O) groups is 1. The Hall–Kier alpha value is -2.22. The molecule has 0 aliphatic rings. The molecule has 0 aliphatic heterocycles. The van der Waals surface area contributed by atoms with E-state index in [0.717, 1.165) is 22.2 Å². The van der Waals surface area contributed by atoms with Crippen molar-refractivity contribution in [2.45, 2.75) is 13.3 Å². The van der Waals surface area contributed by atoms with Gasteiger partial charge in [0.1, 0.15) is 5.75 Å².